The molecule has 0 bridgehead atoms. The highest BCUT2D eigenvalue weighted by Crippen LogP contribution is 2.20. The van der Waals surface area contributed by atoms with Gasteiger partial charge in [-0.25, -0.2) is 17.5 Å². The Morgan fingerprint density at radius 3 is 2.62 bits per heavy atom. The van der Waals surface area contributed by atoms with Crippen LogP contribution in [-0.4, -0.2) is 29.7 Å². The molecule has 1 heterocycles. The summed E-state index contributed by atoms with van der Waals surface area (Å²) in [4.78, 5) is 0. The molecule has 0 saturated carbocycles. The van der Waals surface area contributed by atoms with E-state index < -0.39 is 15.7 Å². The summed E-state index contributed by atoms with van der Waals surface area (Å²) in [6.07, 6.45) is 2.86. The first-order valence-corrected chi connectivity index (χ1v) is 10.1. The van der Waals surface area contributed by atoms with Gasteiger partial charge in [0.15, 0.2) is 9.84 Å². The van der Waals surface area contributed by atoms with Gasteiger partial charge in [0.2, 0.25) is 0 Å². The lowest BCUT2D eigenvalue weighted by atomic mass is 10.2. The van der Waals surface area contributed by atoms with Crippen LogP contribution in [-0.2, 0) is 22.1 Å². The maximum Gasteiger partial charge on any atom is 0.151 e. The van der Waals surface area contributed by atoms with Crippen molar-refractivity contribution < 1.29 is 12.8 Å². The van der Waals surface area contributed by atoms with Crippen LogP contribution in [0.25, 0.3) is 5.69 Å². The van der Waals surface area contributed by atoms with E-state index in [-0.39, 0.29) is 5.75 Å². The molecule has 2 aromatic carbocycles. The molecule has 1 N–H and O–H groups in total. The van der Waals surface area contributed by atoms with Crippen molar-refractivity contribution in [1.82, 2.24) is 15.0 Å². The lowest BCUT2D eigenvalue weighted by Gasteiger charge is -2.10. The summed E-state index contributed by atoms with van der Waals surface area (Å²) < 4.78 is 38.1. The quantitative estimate of drug-likeness (QED) is 0.694. The molecule has 0 spiro atoms. The second-order valence-electron chi connectivity index (χ2n) is 5.86. The lowest BCUT2D eigenvalue weighted by Crippen LogP contribution is -2.07. The summed E-state index contributed by atoms with van der Waals surface area (Å²) in [5.41, 5.74) is 2.37. The molecule has 0 aliphatic rings. The van der Waals surface area contributed by atoms with E-state index in [0.717, 1.165) is 11.9 Å². The second-order valence-corrected chi connectivity index (χ2v) is 8.43. The molecule has 136 valence electrons. The Bertz CT molecular complexity index is 1020. The highest BCUT2D eigenvalue weighted by Gasteiger charge is 2.11. The Kier molecular flexibility index (Phi) is 5.24. The Hall–Kier alpha value is -2.45. The third-order valence-corrected chi connectivity index (χ3v) is 4.66. The van der Waals surface area contributed by atoms with Gasteiger partial charge in [-0.3, -0.25) is 0 Å². The maximum absolute atomic E-state index is 13.4. The number of sulfone groups is 1. The van der Waals surface area contributed by atoms with Gasteiger partial charge in [0.05, 0.1) is 24.2 Å². The van der Waals surface area contributed by atoms with Crippen molar-refractivity contribution in [2.24, 2.45) is 0 Å². The minimum absolute atomic E-state index is 0.245. The molecule has 26 heavy (non-hydrogen) atoms. The Morgan fingerprint density at radius 2 is 1.92 bits per heavy atom. The predicted molar refractivity (Wildman–Crippen MR) is 98.6 cm³/mol. The lowest BCUT2D eigenvalue weighted by molar-refractivity contribution is 0.600. The fourth-order valence-electron chi connectivity index (χ4n) is 2.42. The summed E-state index contributed by atoms with van der Waals surface area (Å²) in [6, 6.07) is 11.2. The normalized spacial score (nSPS) is 11.5. The van der Waals surface area contributed by atoms with Crippen molar-refractivity contribution in [2.75, 3.05) is 11.6 Å². The van der Waals surface area contributed by atoms with E-state index in [0.29, 0.717) is 28.5 Å². The molecule has 0 unspecified atom stereocenters. The molecule has 6 nitrogen and oxygen atoms in total. The Labute approximate surface area is 155 Å². The van der Waals surface area contributed by atoms with E-state index in [1.54, 1.807) is 23.0 Å². The third kappa shape index (κ3) is 4.80. The summed E-state index contributed by atoms with van der Waals surface area (Å²) in [7, 11) is -3.28. The monoisotopic (exact) mass is 394 g/mol. The molecule has 0 fully saturated rings. The standard InChI is InChI=1S/C17H16ClFN4O2S/c1-26(24,25)11-12-8-14(19)4-7-17(12)20-9-15-10-23(22-21-15)16-5-2-13(18)3-6-16/h2-8,10,20H,9,11H2,1H3. The van der Waals surface area contributed by atoms with Crippen molar-refractivity contribution in [3.8, 4) is 5.69 Å². The van der Waals surface area contributed by atoms with Crippen LogP contribution in [0.4, 0.5) is 10.1 Å². The molecule has 0 aliphatic heterocycles. The molecule has 3 rings (SSSR count). The van der Waals surface area contributed by atoms with Crippen LogP contribution < -0.4 is 5.32 Å². The van der Waals surface area contributed by atoms with E-state index in [2.05, 4.69) is 15.6 Å². The summed E-state index contributed by atoms with van der Waals surface area (Å²) in [5, 5.41) is 11.8. The van der Waals surface area contributed by atoms with Crippen LogP contribution in [0.15, 0.2) is 48.7 Å². The number of hydrogen-bond donors (Lipinski definition) is 1. The molecular weight excluding hydrogens is 379 g/mol. The largest absolute Gasteiger partial charge is 0.379 e. The van der Waals surface area contributed by atoms with Crippen LogP contribution in [0.5, 0.6) is 0 Å². The van der Waals surface area contributed by atoms with Crippen LogP contribution in [0.2, 0.25) is 5.02 Å². The van der Waals surface area contributed by atoms with Gasteiger partial charge >= 0.3 is 0 Å². The number of halogens is 2. The zero-order chi connectivity index (χ0) is 18.7. The number of nitrogens with zero attached hydrogens (tertiary/aromatic N) is 3. The molecule has 0 amide bonds. The Morgan fingerprint density at radius 1 is 1.19 bits per heavy atom. The number of aromatic nitrogens is 3. The molecule has 1 aromatic heterocycles. The van der Waals surface area contributed by atoms with Gasteiger partial charge in [0.1, 0.15) is 11.5 Å². The van der Waals surface area contributed by atoms with E-state index in [1.165, 1.54) is 18.2 Å². The maximum atomic E-state index is 13.4. The average Bonchev–Trinajstić information content (AvgIpc) is 3.02. The van der Waals surface area contributed by atoms with Crippen molar-refractivity contribution in [1.29, 1.82) is 0 Å². The number of anilines is 1. The van der Waals surface area contributed by atoms with Crippen molar-refractivity contribution in [2.45, 2.75) is 12.3 Å². The molecule has 0 atom stereocenters. The number of nitrogens with one attached hydrogen (secondary N) is 1. The zero-order valence-corrected chi connectivity index (χ0v) is 15.4. The molecule has 3 aromatic rings. The fourth-order valence-corrected chi connectivity index (χ4v) is 3.35. The number of benzene rings is 2. The Balaban J connectivity index is 1.74. The average molecular weight is 395 g/mol. The van der Waals surface area contributed by atoms with Crippen LogP contribution in [0, 0.1) is 5.82 Å². The molecule has 0 radical (unpaired) electrons. The van der Waals surface area contributed by atoms with Gasteiger partial charge in [0, 0.05) is 17.0 Å². The smallest absolute Gasteiger partial charge is 0.151 e. The zero-order valence-electron chi connectivity index (χ0n) is 13.9. The summed E-state index contributed by atoms with van der Waals surface area (Å²) in [5.74, 6) is -0.729. The van der Waals surface area contributed by atoms with Gasteiger partial charge in [0.25, 0.3) is 0 Å². The first-order chi connectivity index (χ1) is 12.3. The number of hydrogen-bond acceptors (Lipinski definition) is 5. The molecular formula is C17H16ClFN4O2S. The van der Waals surface area contributed by atoms with Crippen molar-refractivity contribution in [3.63, 3.8) is 0 Å². The highest BCUT2D eigenvalue weighted by molar-refractivity contribution is 7.89. The van der Waals surface area contributed by atoms with Crippen LogP contribution >= 0.6 is 11.6 Å². The van der Waals surface area contributed by atoms with Gasteiger partial charge in [-0.15, -0.1) is 5.10 Å². The molecule has 0 aliphatic carbocycles. The molecule has 9 heteroatoms. The molecule has 0 saturated heterocycles. The topological polar surface area (TPSA) is 76.9 Å². The van der Waals surface area contributed by atoms with Crippen molar-refractivity contribution >= 4 is 27.1 Å². The van der Waals surface area contributed by atoms with E-state index >= 15 is 0 Å². The summed E-state index contributed by atoms with van der Waals surface area (Å²) in [6.45, 7) is 0.315. The first-order valence-electron chi connectivity index (χ1n) is 7.67. The minimum Gasteiger partial charge on any atom is -0.379 e. The van der Waals surface area contributed by atoms with Crippen molar-refractivity contribution in [3.05, 3.63) is 70.8 Å². The third-order valence-electron chi connectivity index (χ3n) is 3.58. The first kappa shape index (κ1) is 18.3. The van der Waals surface area contributed by atoms with Crippen LogP contribution in [0.3, 0.4) is 0 Å². The van der Waals surface area contributed by atoms with Gasteiger partial charge < -0.3 is 5.32 Å². The predicted octanol–water partition coefficient (Wildman–Crippen LogP) is 3.22. The van der Waals surface area contributed by atoms with E-state index in [1.807, 2.05) is 12.1 Å². The SMILES string of the molecule is CS(=O)(=O)Cc1cc(F)ccc1NCc1cn(-c2ccc(Cl)cc2)nn1. The van der Waals surface area contributed by atoms with Crippen LogP contribution in [0.1, 0.15) is 11.3 Å². The highest BCUT2D eigenvalue weighted by atomic mass is 35.5. The van der Waals surface area contributed by atoms with E-state index in [4.69, 9.17) is 11.6 Å². The van der Waals surface area contributed by atoms with Gasteiger partial charge in [-0.2, -0.15) is 0 Å². The van der Waals surface area contributed by atoms with Gasteiger partial charge in [-0.05, 0) is 48.0 Å². The second kappa shape index (κ2) is 7.43. The fraction of sp³-hybridized carbons (Fsp3) is 0.176. The summed E-state index contributed by atoms with van der Waals surface area (Å²) >= 11 is 5.87. The number of rotatable bonds is 6. The minimum atomic E-state index is -3.28. The van der Waals surface area contributed by atoms with E-state index in [9.17, 15) is 12.8 Å². The van der Waals surface area contributed by atoms with Gasteiger partial charge in [-0.1, -0.05) is 16.8 Å².